The van der Waals surface area contributed by atoms with Gasteiger partial charge in [0.25, 0.3) is 0 Å². The highest BCUT2D eigenvalue weighted by Gasteiger charge is 2.38. The van der Waals surface area contributed by atoms with Crippen LogP contribution in [-0.2, 0) is 14.8 Å². The summed E-state index contributed by atoms with van der Waals surface area (Å²) in [6.45, 7) is 8.65. The Morgan fingerprint density at radius 3 is 2.16 bits per heavy atom. The van der Waals surface area contributed by atoms with Crippen LogP contribution in [0.4, 0.5) is 0 Å². The van der Waals surface area contributed by atoms with Gasteiger partial charge in [0, 0.05) is 30.1 Å². The van der Waals surface area contributed by atoms with Crippen LogP contribution in [0.2, 0.25) is 0 Å². The smallest absolute Gasteiger partial charge is 0.240 e. The summed E-state index contributed by atoms with van der Waals surface area (Å²) >= 11 is 0. The predicted molar refractivity (Wildman–Crippen MR) is 125 cm³/mol. The molecule has 0 unspecified atom stereocenters. The summed E-state index contributed by atoms with van der Waals surface area (Å²) in [5.41, 5.74) is 1.13. The topological polar surface area (TPSA) is 87.3 Å². The second kappa shape index (κ2) is 9.59. The largest absolute Gasteiger partial charge is 0.353 e. The lowest BCUT2D eigenvalue weighted by Gasteiger charge is -2.46. The van der Waals surface area contributed by atoms with E-state index in [0.717, 1.165) is 12.8 Å². The van der Waals surface area contributed by atoms with E-state index in [-0.39, 0.29) is 40.9 Å². The Balaban J connectivity index is 1.48. The quantitative estimate of drug-likeness (QED) is 0.590. The van der Waals surface area contributed by atoms with Crippen molar-refractivity contribution in [3.8, 4) is 0 Å². The van der Waals surface area contributed by atoms with Crippen LogP contribution in [0.3, 0.4) is 0 Å². The second-order valence-corrected chi connectivity index (χ2v) is 12.4. The zero-order valence-corrected chi connectivity index (χ0v) is 20.3. The number of rotatable bonds is 7. The number of carbonyl (C=O) groups is 1. The third-order valence-electron chi connectivity index (χ3n) is 6.47. The lowest BCUT2D eigenvalue weighted by molar-refractivity contribution is -0.122. The molecule has 7 heteroatoms. The van der Waals surface area contributed by atoms with E-state index >= 15 is 0 Å². The first-order chi connectivity index (χ1) is 14.5. The van der Waals surface area contributed by atoms with Crippen LogP contribution in [0.1, 0.15) is 90.5 Å². The summed E-state index contributed by atoms with van der Waals surface area (Å²) in [5, 5.41) is 6.68. The fourth-order valence-electron chi connectivity index (χ4n) is 5.46. The molecule has 1 aliphatic carbocycles. The molecular formula is C24H39N3O3S. The Kier molecular flexibility index (Phi) is 7.49. The van der Waals surface area contributed by atoms with Gasteiger partial charge in [0.2, 0.25) is 15.9 Å². The van der Waals surface area contributed by atoms with Crippen LogP contribution in [0, 0.1) is 0 Å². The normalized spacial score (nSPS) is 22.2. The van der Waals surface area contributed by atoms with E-state index in [4.69, 9.17) is 0 Å². The van der Waals surface area contributed by atoms with Gasteiger partial charge in [0.15, 0.2) is 0 Å². The zero-order chi connectivity index (χ0) is 22.7. The van der Waals surface area contributed by atoms with Crippen LogP contribution in [-0.4, -0.2) is 38.0 Å². The molecule has 3 N–H and O–H groups in total. The standard InChI is InChI=1S/C24H39N3O3S/c1-23(2)16-20(17-24(3,4)27-23)26-22(28)14-15-25-31(29,30)21-12-10-19(11-13-21)18-8-6-5-7-9-18/h10-13,18,20,25,27H,5-9,14-17H2,1-4H3,(H,26,28). The van der Waals surface area contributed by atoms with Crippen molar-refractivity contribution in [3.63, 3.8) is 0 Å². The highest BCUT2D eigenvalue weighted by molar-refractivity contribution is 7.89. The third kappa shape index (κ3) is 7.02. The summed E-state index contributed by atoms with van der Waals surface area (Å²) < 4.78 is 27.8. The molecule has 2 fully saturated rings. The van der Waals surface area contributed by atoms with E-state index in [1.54, 1.807) is 12.1 Å². The molecule has 6 nitrogen and oxygen atoms in total. The lowest BCUT2D eigenvalue weighted by Crippen LogP contribution is -2.62. The van der Waals surface area contributed by atoms with Crippen LogP contribution < -0.4 is 15.4 Å². The van der Waals surface area contributed by atoms with Crippen LogP contribution in [0.25, 0.3) is 0 Å². The van der Waals surface area contributed by atoms with Gasteiger partial charge in [-0.3, -0.25) is 4.79 Å². The fourth-order valence-corrected chi connectivity index (χ4v) is 6.49. The molecule has 0 atom stereocenters. The first-order valence-corrected chi connectivity index (χ1v) is 13.1. The van der Waals surface area contributed by atoms with Gasteiger partial charge in [-0.25, -0.2) is 13.1 Å². The molecule has 0 bridgehead atoms. The highest BCUT2D eigenvalue weighted by atomic mass is 32.2. The molecule has 3 rings (SSSR count). The minimum absolute atomic E-state index is 0.0505. The molecule has 1 aromatic carbocycles. The van der Waals surface area contributed by atoms with E-state index in [1.165, 1.54) is 37.7 Å². The molecule has 1 aliphatic heterocycles. The van der Waals surface area contributed by atoms with E-state index in [0.29, 0.717) is 5.92 Å². The number of piperidine rings is 1. The molecule has 0 radical (unpaired) electrons. The zero-order valence-electron chi connectivity index (χ0n) is 19.5. The van der Waals surface area contributed by atoms with Gasteiger partial charge in [0.1, 0.15) is 0 Å². The Bertz CT molecular complexity index is 841. The number of sulfonamides is 1. The fraction of sp³-hybridized carbons (Fsp3) is 0.708. The van der Waals surface area contributed by atoms with Crippen molar-refractivity contribution in [2.45, 2.75) is 107 Å². The monoisotopic (exact) mass is 449 g/mol. The predicted octanol–water partition coefficient (Wildman–Crippen LogP) is 3.83. The summed E-state index contributed by atoms with van der Waals surface area (Å²) in [6.07, 6.45) is 8.00. The second-order valence-electron chi connectivity index (χ2n) is 10.6. The highest BCUT2D eigenvalue weighted by Crippen LogP contribution is 2.33. The first kappa shape index (κ1) is 24.2. The average molecular weight is 450 g/mol. The Morgan fingerprint density at radius 2 is 1.58 bits per heavy atom. The van der Waals surface area contributed by atoms with Crippen molar-refractivity contribution in [1.29, 1.82) is 0 Å². The third-order valence-corrected chi connectivity index (χ3v) is 7.94. The summed E-state index contributed by atoms with van der Waals surface area (Å²) in [7, 11) is -3.61. The van der Waals surface area contributed by atoms with Gasteiger partial charge in [-0.1, -0.05) is 31.4 Å². The van der Waals surface area contributed by atoms with E-state index in [2.05, 4.69) is 43.1 Å². The van der Waals surface area contributed by atoms with Gasteiger partial charge >= 0.3 is 0 Å². The molecule has 2 aliphatic rings. The van der Waals surface area contributed by atoms with Gasteiger partial charge in [-0.05, 0) is 77.0 Å². The molecule has 174 valence electrons. The van der Waals surface area contributed by atoms with Gasteiger partial charge in [-0.2, -0.15) is 0 Å². The molecular weight excluding hydrogens is 410 g/mol. The Hall–Kier alpha value is -1.44. The lowest BCUT2D eigenvalue weighted by atomic mass is 9.79. The van der Waals surface area contributed by atoms with Crippen molar-refractivity contribution in [2.75, 3.05) is 6.54 Å². The number of hydrogen-bond acceptors (Lipinski definition) is 4. The Labute approximate surface area is 188 Å². The van der Waals surface area contributed by atoms with Gasteiger partial charge in [-0.15, -0.1) is 0 Å². The molecule has 1 heterocycles. The van der Waals surface area contributed by atoms with Crippen molar-refractivity contribution in [3.05, 3.63) is 29.8 Å². The van der Waals surface area contributed by atoms with Crippen LogP contribution in [0.5, 0.6) is 0 Å². The summed E-state index contributed by atoms with van der Waals surface area (Å²) in [6, 6.07) is 7.34. The molecule has 1 aromatic rings. The maximum absolute atomic E-state index is 12.6. The summed E-state index contributed by atoms with van der Waals surface area (Å²) in [5.74, 6) is 0.431. The average Bonchev–Trinajstić information content (AvgIpc) is 2.66. The van der Waals surface area contributed by atoms with E-state index < -0.39 is 10.0 Å². The minimum Gasteiger partial charge on any atom is -0.353 e. The van der Waals surface area contributed by atoms with Crippen molar-refractivity contribution >= 4 is 15.9 Å². The molecule has 0 spiro atoms. The van der Waals surface area contributed by atoms with Crippen LogP contribution in [0.15, 0.2) is 29.2 Å². The molecule has 1 saturated carbocycles. The molecule has 0 aromatic heterocycles. The number of benzene rings is 1. The van der Waals surface area contributed by atoms with Crippen molar-refractivity contribution in [1.82, 2.24) is 15.4 Å². The SMILES string of the molecule is CC1(C)CC(NC(=O)CCNS(=O)(=O)c2ccc(C3CCCCC3)cc2)CC(C)(C)N1. The molecule has 1 amide bonds. The first-order valence-electron chi connectivity index (χ1n) is 11.6. The minimum atomic E-state index is -3.61. The van der Waals surface area contributed by atoms with Crippen LogP contribution >= 0.6 is 0 Å². The number of nitrogens with one attached hydrogen (secondary N) is 3. The Morgan fingerprint density at radius 1 is 1.00 bits per heavy atom. The van der Waals surface area contributed by atoms with E-state index in [9.17, 15) is 13.2 Å². The summed E-state index contributed by atoms with van der Waals surface area (Å²) in [4.78, 5) is 12.7. The number of carbonyl (C=O) groups excluding carboxylic acids is 1. The van der Waals surface area contributed by atoms with Crippen molar-refractivity contribution in [2.24, 2.45) is 0 Å². The molecule has 31 heavy (non-hydrogen) atoms. The maximum atomic E-state index is 12.6. The van der Waals surface area contributed by atoms with Gasteiger partial charge < -0.3 is 10.6 Å². The number of amides is 1. The number of hydrogen-bond donors (Lipinski definition) is 3. The van der Waals surface area contributed by atoms with E-state index in [1.807, 2.05) is 12.1 Å². The van der Waals surface area contributed by atoms with Crippen molar-refractivity contribution < 1.29 is 13.2 Å². The van der Waals surface area contributed by atoms with Gasteiger partial charge in [0.05, 0.1) is 4.90 Å². The molecule has 1 saturated heterocycles. The maximum Gasteiger partial charge on any atom is 0.240 e.